The van der Waals surface area contributed by atoms with Crippen LogP contribution in [0.5, 0.6) is 0 Å². The van der Waals surface area contributed by atoms with Crippen molar-refractivity contribution in [3.63, 3.8) is 0 Å². The van der Waals surface area contributed by atoms with Crippen LogP contribution in [0.15, 0.2) is 54.5 Å². The van der Waals surface area contributed by atoms with Gasteiger partial charge in [0.05, 0.1) is 29.1 Å². The molecule has 2 aromatic heterocycles. The number of anilines is 1. The smallest absolute Gasteiger partial charge is 0.147 e. The van der Waals surface area contributed by atoms with Gasteiger partial charge in [-0.3, -0.25) is 4.98 Å². The Morgan fingerprint density at radius 2 is 1.76 bits per heavy atom. The van der Waals surface area contributed by atoms with Gasteiger partial charge in [0, 0.05) is 50.4 Å². The Labute approximate surface area is 170 Å². The Morgan fingerprint density at radius 3 is 2.59 bits per heavy atom. The molecule has 6 nitrogen and oxygen atoms in total. The number of benzene rings is 1. The lowest BCUT2D eigenvalue weighted by Gasteiger charge is -2.25. The fourth-order valence-corrected chi connectivity index (χ4v) is 4.58. The molecule has 1 aliphatic carbocycles. The van der Waals surface area contributed by atoms with Gasteiger partial charge in [0.15, 0.2) is 0 Å². The standard InChI is InChI=1S/C23H24N6/c1-2-10-28(9-1)23-16-24-15-20(26-23)17-6-7-19-21(14-17)29-13-12-27(18-4-3-5-18)11-8-22(29)25-19/h3-7,14-16H,1-2,8-13H2. The minimum Gasteiger partial charge on any atom is -0.369 e. The van der Waals surface area contributed by atoms with Crippen molar-refractivity contribution in [3.05, 3.63) is 60.3 Å². The van der Waals surface area contributed by atoms with E-state index >= 15 is 0 Å². The molecule has 6 rings (SSSR count). The Morgan fingerprint density at radius 1 is 0.862 bits per heavy atom. The van der Waals surface area contributed by atoms with Gasteiger partial charge in [-0.05, 0) is 37.1 Å². The van der Waals surface area contributed by atoms with Crippen LogP contribution in [0.25, 0.3) is 22.3 Å². The van der Waals surface area contributed by atoms with Crippen LogP contribution in [0.1, 0.15) is 18.7 Å². The third-order valence-corrected chi connectivity index (χ3v) is 6.27. The molecule has 6 heteroatoms. The summed E-state index contributed by atoms with van der Waals surface area (Å²) in [4.78, 5) is 19.1. The highest BCUT2D eigenvalue weighted by molar-refractivity contribution is 5.82. The molecule has 0 radical (unpaired) electrons. The number of fused-ring (bicyclic) bond motifs is 3. The largest absolute Gasteiger partial charge is 0.369 e. The highest BCUT2D eigenvalue weighted by Crippen LogP contribution is 2.27. The van der Waals surface area contributed by atoms with Crippen molar-refractivity contribution >= 4 is 16.9 Å². The monoisotopic (exact) mass is 384 g/mol. The van der Waals surface area contributed by atoms with Crippen molar-refractivity contribution < 1.29 is 0 Å². The molecule has 0 saturated carbocycles. The highest BCUT2D eigenvalue weighted by atomic mass is 15.2. The predicted octanol–water partition coefficient (Wildman–Crippen LogP) is 3.41. The molecule has 0 unspecified atom stereocenters. The molecule has 29 heavy (non-hydrogen) atoms. The lowest BCUT2D eigenvalue weighted by atomic mass is 10.1. The third-order valence-electron chi connectivity index (χ3n) is 6.27. The maximum absolute atomic E-state index is 4.92. The molecule has 0 atom stereocenters. The number of allylic oxidation sites excluding steroid dienone is 3. The van der Waals surface area contributed by atoms with Crippen LogP contribution in [0, 0.1) is 0 Å². The van der Waals surface area contributed by atoms with Crippen LogP contribution < -0.4 is 4.90 Å². The molecular formula is C23H24N6. The van der Waals surface area contributed by atoms with Gasteiger partial charge in [-0.1, -0.05) is 12.1 Å². The van der Waals surface area contributed by atoms with E-state index in [4.69, 9.17) is 9.97 Å². The highest BCUT2D eigenvalue weighted by Gasteiger charge is 2.20. The summed E-state index contributed by atoms with van der Waals surface area (Å²) >= 11 is 0. The Hall–Kier alpha value is -3.15. The van der Waals surface area contributed by atoms with Crippen molar-refractivity contribution in [2.24, 2.45) is 0 Å². The fourth-order valence-electron chi connectivity index (χ4n) is 4.58. The normalized spacial score (nSPS) is 18.6. The van der Waals surface area contributed by atoms with Crippen LogP contribution in [0.4, 0.5) is 5.82 Å². The average molecular weight is 384 g/mol. The minimum absolute atomic E-state index is 0.937. The number of imidazole rings is 1. The number of rotatable bonds is 3. The molecular weight excluding hydrogens is 360 g/mol. The molecule has 1 saturated heterocycles. The van der Waals surface area contributed by atoms with E-state index in [0.717, 1.165) is 61.7 Å². The zero-order valence-corrected chi connectivity index (χ0v) is 16.5. The van der Waals surface area contributed by atoms with Crippen LogP contribution in [-0.2, 0) is 13.0 Å². The van der Waals surface area contributed by atoms with E-state index in [2.05, 4.69) is 55.8 Å². The van der Waals surface area contributed by atoms with Gasteiger partial charge in [-0.25, -0.2) is 9.97 Å². The minimum atomic E-state index is 0.937. The van der Waals surface area contributed by atoms with E-state index in [1.807, 2.05) is 12.4 Å². The average Bonchev–Trinajstić information content (AvgIpc) is 3.32. The predicted molar refractivity (Wildman–Crippen MR) is 115 cm³/mol. The maximum atomic E-state index is 4.92. The van der Waals surface area contributed by atoms with E-state index in [0.29, 0.717) is 0 Å². The van der Waals surface area contributed by atoms with E-state index < -0.39 is 0 Å². The van der Waals surface area contributed by atoms with Crippen LogP contribution in [0.2, 0.25) is 0 Å². The summed E-state index contributed by atoms with van der Waals surface area (Å²) in [6.45, 7) is 5.16. The lowest BCUT2D eigenvalue weighted by molar-refractivity contribution is 0.359. The first-order chi connectivity index (χ1) is 14.3. The van der Waals surface area contributed by atoms with Gasteiger partial charge in [0.25, 0.3) is 0 Å². The van der Waals surface area contributed by atoms with Gasteiger partial charge in [-0.2, -0.15) is 0 Å². The summed E-state index contributed by atoms with van der Waals surface area (Å²) in [5.74, 6) is 2.17. The first kappa shape index (κ1) is 16.8. The molecule has 0 N–H and O–H groups in total. The van der Waals surface area contributed by atoms with Gasteiger partial charge < -0.3 is 14.4 Å². The number of nitrogens with zero attached hydrogens (tertiary/aromatic N) is 6. The van der Waals surface area contributed by atoms with E-state index in [1.54, 1.807) is 0 Å². The van der Waals surface area contributed by atoms with Crippen molar-refractivity contribution in [2.45, 2.75) is 25.8 Å². The van der Waals surface area contributed by atoms with Gasteiger partial charge in [0.2, 0.25) is 0 Å². The van der Waals surface area contributed by atoms with E-state index in [1.165, 1.54) is 29.9 Å². The summed E-state index contributed by atoms with van der Waals surface area (Å²) in [6.07, 6.45) is 13.7. The van der Waals surface area contributed by atoms with E-state index in [9.17, 15) is 0 Å². The summed E-state index contributed by atoms with van der Waals surface area (Å²) < 4.78 is 2.39. The molecule has 2 aliphatic heterocycles. The van der Waals surface area contributed by atoms with Gasteiger partial charge in [-0.15, -0.1) is 0 Å². The van der Waals surface area contributed by atoms with Crippen molar-refractivity contribution in [3.8, 4) is 11.3 Å². The Kier molecular flexibility index (Phi) is 3.89. The topological polar surface area (TPSA) is 50.1 Å². The second-order valence-electron chi connectivity index (χ2n) is 8.03. The van der Waals surface area contributed by atoms with Crippen molar-refractivity contribution in [1.29, 1.82) is 0 Å². The third kappa shape index (κ3) is 2.90. The lowest BCUT2D eigenvalue weighted by Crippen LogP contribution is -2.26. The molecule has 0 bridgehead atoms. The molecule has 1 aromatic carbocycles. The SMILES string of the molecule is C1=CC(N2CCc3nc4ccc(-c5cncc(N6CCCC6)n5)cc4n3CC2)=C1. The van der Waals surface area contributed by atoms with Crippen LogP contribution in [-0.4, -0.2) is 50.6 Å². The molecule has 146 valence electrons. The molecule has 3 aliphatic rings. The van der Waals surface area contributed by atoms with Crippen molar-refractivity contribution in [2.75, 3.05) is 31.1 Å². The number of aromatic nitrogens is 4. The zero-order chi connectivity index (χ0) is 19.2. The molecule has 3 aromatic rings. The summed E-state index contributed by atoms with van der Waals surface area (Å²) in [5, 5.41) is 0. The van der Waals surface area contributed by atoms with Crippen LogP contribution >= 0.6 is 0 Å². The first-order valence-corrected chi connectivity index (χ1v) is 10.5. The quantitative estimate of drug-likeness (QED) is 0.693. The van der Waals surface area contributed by atoms with Gasteiger partial charge in [0.1, 0.15) is 11.6 Å². The Bertz CT molecular complexity index is 1140. The second kappa shape index (κ2) is 6.72. The molecule has 4 heterocycles. The number of hydrogen-bond acceptors (Lipinski definition) is 5. The summed E-state index contributed by atoms with van der Waals surface area (Å²) in [5.41, 5.74) is 5.66. The summed E-state index contributed by atoms with van der Waals surface area (Å²) in [7, 11) is 0. The number of hydrogen-bond donors (Lipinski definition) is 0. The molecule has 1 fully saturated rings. The molecule has 0 amide bonds. The maximum Gasteiger partial charge on any atom is 0.147 e. The van der Waals surface area contributed by atoms with E-state index in [-0.39, 0.29) is 0 Å². The second-order valence-corrected chi connectivity index (χ2v) is 8.03. The first-order valence-electron chi connectivity index (χ1n) is 10.5. The zero-order valence-electron chi connectivity index (χ0n) is 16.5. The summed E-state index contributed by atoms with van der Waals surface area (Å²) in [6, 6.07) is 6.50. The fraction of sp³-hybridized carbons (Fsp3) is 0.348. The van der Waals surface area contributed by atoms with Crippen molar-refractivity contribution in [1.82, 2.24) is 24.4 Å². The van der Waals surface area contributed by atoms with Crippen LogP contribution in [0.3, 0.4) is 0 Å². The Balaban J connectivity index is 1.34. The van der Waals surface area contributed by atoms with Gasteiger partial charge >= 0.3 is 0 Å². The molecule has 0 spiro atoms.